The number of anilines is 1. The summed E-state index contributed by atoms with van der Waals surface area (Å²) in [7, 11) is 0. The van der Waals surface area contributed by atoms with Crippen molar-refractivity contribution in [3.05, 3.63) is 40.6 Å². The number of ether oxygens (including phenoxy) is 1. The lowest BCUT2D eigenvalue weighted by Gasteiger charge is -2.07. The fraction of sp³-hybridized carbons (Fsp3) is 0.267. The lowest BCUT2D eigenvalue weighted by atomic mass is 10.1. The van der Waals surface area contributed by atoms with Gasteiger partial charge >= 0.3 is 0 Å². The van der Waals surface area contributed by atoms with Crippen LogP contribution in [0.3, 0.4) is 0 Å². The van der Waals surface area contributed by atoms with Gasteiger partial charge < -0.3 is 10.5 Å². The van der Waals surface area contributed by atoms with Crippen molar-refractivity contribution in [1.82, 2.24) is 4.98 Å². The van der Waals surface area contributed by atoms with Gasteiger partial charge in [0.2, 0.25) is 5.88 Å². The predicted octanol–water partition coefficient (Wildman–Crippen LogP) is 3.34. The van der Waals surface area contributed by atoms with E-state index in [-0.39, 0.29) is 0 Å². The average Bonchev–Trinajstić information content (AvgIpc) is 2.39. The van der Waals surface area contributed by atoms with Crippen LogP contribution in [0.25, 0.3) is 0 Å². The molecule has 2 rings (SSSR count). The van der Waals surface area contributed by atoms with E-state index in [1.165, 1.54) is 0 Å². The Morgan fingerprint density at radius 2 is 2.26 bits per heavy atom. The molecule has 0 saturated heterocycles. The van der Waals surface area contributed by atoms with E-state index in [1.54, 1.807) is 6.07 Å². The zero-order chi connectivity index (χ0) is 13.7. The van der Waals surface area contributed by atoms with Gasteiger partial charge in [-0.1, -0.05) is 41.7 Å². The molecule has 0 unspecified atom stereocenters. The smallest absolute Gasteiger partial charge is 0.233 e. The van der Waals surface area contributed by atoms with E-state index in [4.69, 9.17) is 22.1 Å². The maximum Gasteiger partial charge on any atom is 0.233 e. The van der Waals surface area contributed by atoms with Crippen molar-refractivity contribution in [1.29, 1.82) is 0 Å². The molecule has 0 atom stereocenters. The summed E-state index contributed by atoms with van der Waals surface area (Å²) in [6, 6.07) is 1.58. The zero-order valence-corrected chi connectivity index (χ0v) is 11.5. The van der Waals surface area contributed by atoms with E-state index in [9.17, 15) is 0 Å². The largest absolute Gasteiger partial charge is 0.477 e. The molecule has 0 aromatic carbocycles. The lowest BCUT2D eigenvalue weighted by Crippen LogP contribution is -2.01. The Morgan fingerprint density at radius 3 is 2.95 bits per heavy atom. The molecule has 0 radical (unpaired) electrons. The van der Waals surface area contributed by atoms with Crippen molar-refractivity contribution in [3.8, 4) is 17.7 Å². The summed E-state index contributed by atoms with van der Waals surface area (Å²) >= 11 is 5.86. The first-order valence-electron chi connectivity index (χ1n) is 6.18. The quantitative estimate of drug-likeness (QED) is 0.665. The Kier molecular flexibility index (Phi) is 4.48. The first kappa shape index (κ1) is 13.5. The number of nitrogen functional groups attached to an aromatic ring is 1. The van der Waals surface area contributed by atoms with Crippen molar-refractivity contribution in [2.75, 3.05) is 12.3 Å². The third kappa shape index (κ3) is 3.52. The molecule has 1 heterocycles. The summed E-state index contributed by atoms with van der Waals surface area (Å²) < 4.78 is 5.42. The minimum Gasteiger partial charge on any atom is -0.477 e. The summed E-state index contributed by atoms with van der Waals surface area (Å²) in [6.07, 6.45) is 8.31. The summed E-state index contributed by atoms with van der Waals surface area (Å²) in [5.41, 5.74) is 7.98. The molecule has 0 spiro atoms. The van der Waals surface area contributed by atoms with E-state index in [0.717, 1.165) is 18.4 Å². The molecule has 0 bridgehead atoms. The molecule has 1 aromatic rings. The summed E-state index contributed by atoms with van der Waals surface area (Å²) in [5.74, 6) is 6.49. The first-order valence-corrected chi connectivity index (χ1v) is 6.56. The number of hydrogen-bond donors (Lipinski definition) is 1. The molecule has 4 heteroatoms. The van der Waals surface area contributed by atoms with E-state index in [2.05, 4.69) is 29.0 Å². The Balaban J connectivity index is 2.36. The summed E-state index contributed by atoms with van der Waals surface area (Å²) in [6.45, 7) is 2.37. The van der Waals surface area contributed by atoms with Crippen LogP contribution < -0.4 is 10.5 Å². The number of rotatable bonds is 2. The van der Waals surface area contributed by atoms with Crippen LogP contribution in [0.15, 0.2) is 29.9 Å². The second-order valence-electron chi connectivity index (χ2n) is 4.04. The highest BCUT2D eigenvalue weighted by Crippen LogP contribution is 2.25. The van der Waals surface area contributed by atoms with Gasteiger partial charge in [0, 0.05) is 5.57 Å². The molecule has 3 nitrogen and oxygen atoms in total. The van der Waals surface area contributed by atoms with Gasteiger partial charge in [-0.2, -0.15) is 0 Å². The molecule has 0 fully saturated rings. The second-order valence-corrected chi connectivity index (χ2v) is 4.42. The maximum absolute atomic E-state index is 5.92. The predicted molar refractivity (Wildman–Crippen MR) is 78.2 cm³/mol. The molecular weight excluding hydrogens is 260 g/mol. The van der Waals surface area contributed by atoms with Gasteiger partial charge in [-0.25, -0.2) is 4.98 Å². The van der Waals surface area contributed by atoms with Gasteiger partial charge in [0.05, 0.1) is 12.3 Å². The molecule has 1 aliphatic carbocycles. The van der Waals surface area contributed by atoms with Crippen LogP contribution in [0.1, 0.15) is 25.3 Å². The van der Waals surface area contributed by atoms with E-state index in [1.807, 2.05) is 13.0 Å². The minimum atomic E-state index is 0.309. The highest BCUT2D eigenvalue weighted by atomic mass is 35.5. The van der Waals surface area contributed by atoms with Crippen molar-refractivity contribution in [3.63, 3.8) is 0 Å². The minimum absolute atomic E-state index is 0.309. The number of allylic oxidation sites excluding steroid dienone is 4. The highest BCUT2D eigenvalue weighted by Gasteiger charge is 2.09. The molecule has 2 N–H and O–H groups in total. The lowest BCUT2D eigenvalue weighted by molar-refractivity contribution is 0.326. The Morgan fingerprint density at radius 1 is 1.42 bits per heavy atom. The Hall–Kier alpha value is -1.92. The third-order valence-electron chi connectivity index (χ3n) is 2.59. The number of halogens is 1. The molecule has 1 aliphatic rings. The molecule has 0 aliphatic heterocycles. The van der Waals surface area contributed by atoms with Gasteiger partial charge in [-0.3, -0.25) is 0 Å². The van der Waals surface area contributed by atoms with Crippen molar-refractivity contribution < 1.29 is 4.74 Å². The monoisotopic (exact) mass is 274 g/mol. The molecule has 98 valence electrons. The van der Waals surface area contributed by atoms with Crippen LogP contribution in [0.4, 0.5) is 5.69 Å². The average molecular weight is 275 g/mol. The number of hydrogen-bond acceptors (Lipinski definition) is 3. The number of pyridine rings is 1. The fourth-order valence-corrected chi connectivity index (χ4v) is 1.91. The van der Waals surface area contributed by atoms with E-state index in [0.29, 0.717) is 28.9 Å². The Bertz CT molecular complexity index is 594. The fourth-order valence-electron chi connectivity index (χ4n) is 1.72. The molecule has 0 amide bonds. The summed E-state index contributed by atoms with van der Waals surface area (Å²) in [4.78, 5) is 4.11. The van der Waals surface area contributed by atoms with E-state index >= 15 is 0 Å². The molecule has 19 heavy (non-hydrogen) atoms. The number of nitrogens with two attached hydrogens (primary N) is 1. The molecule has 0 saturated carbocycles. The SMILES string of the molecule is CCOc1nc(Cl)cc(N)c1C#CC1=CCCC=C1. The second kappa shape index (κ2) is 6.31. The van der Waals surface area contributed by atoms with Gasteiger partial charge in [0.1, 0.15) is 10.7 Å². The molecule has 1 aromatic heterocycles. The zero-order valence-electron chi connectivity index (χ0n) is 10.7. The van der Waals surface area contributed by atoms with Crippen LogP contribution in [-0.2, 0) is 0 Å². The van der Waals surface area contributed by atoms with Crippen molar-refractivity contribution in [2.45, 2.75) is 19.8 Å². The van der Waals surface area contributed by atoms with Gasteiger partial charge in [0.25, 0.3) is 0 Å². The number of nitrogens with zero attached hydrogens (tertiary/aromatic N) is 1. The number of aromatic nitrogens is 1. The maximum atomic E-state index is 5.92. The topological polar surface area (TPSA) is 48.1 Å². The van der Waals surface area contributed by atoms with Crippen LogP contribution >= 0.6 is 11.6 Å². The standard InChI is InChI=1S/C15H15ClN2O/c1-2-19-15-12(13(17)10-14(16)18-15)9-8-11-6-4-3-5-7-11/h4,6-7,10H,2-3,5H2,1H3,(H2,17,18). The molecular formula is C15H15ClN2O. The highest BCUT2D eigenvalue weighted by molar-refractivity contribution is 6.29. The van der Waals surface area contributed by atoms with Gasteiger partial charge in [-0.15, -0.1) is 0 Å². The first-order chi connectivity index (χ1) is 9.20. The van der Waals surface area contributed by atoms with Crippen LogP contribution in [-0.4, -0.2) is 11.6 Å². The summed E-state index contributed by atoms with van der Waals surface area (Å²) in [5, 5.41) is 0.309. The van der Waals surface area contributed by atoms with Crippen LogP contribution in [0.5, 0.6) is 5.88 Å². The van der Waals surface area contributed by atoms with Gasteiger partial charge in [0.15, 0.2) is 0 Å². The normalized spacial score (nSPS) is 13.5. The van der Waals surface area contributed by atoms with Crippen molar-refractivity contribution >= 4 is 17.3 Å². The van der Waals surface area contributed by atoms with Crippen molar-refractivity contribution in [2.24, 2.45) is 0 Å². The van der Waals surface area contributed by atoms with Crippen LogP contribution in [0.2, 0.25) is 5.15 Å². The Labute approximate surface area is 118 Å². The third-order valence-corrected chi connectivity index (χ3v) is 2.79. The van der Waals surface area contributed by atoms with Gasteiger partial charge in [-0.05, 0) is 25.8 Å². The van der Waals surface area contributed by atoms with Crippen LogP contribution in [0, 0.1) is 11.8 Å². The van der Waals surface area contributed by atoms with E-state index < -0.39 is 0 Å².